The molecule has 8 heteroatoms. The number of rotatable bonds is 7. The van der Waals surface area contributed by atoms with Gasteiger partial charge in [0, 0.05) is 13.1 Å². The van der Waals surface area contributed by atoms with Crippen molar-refractivity contribution in [3.05, 3.63) is 47.8 Å². The number of carbonyl (C=O) groups excluding carboxylic acids is 4. The van der Waals surface area contributed by atoms with Gasteiger partial charge in [-0.2, -0.15) is 0 Å². The maximum absolute atomic E-state index is 12.8. The highest BCUT2D eigenvalue weighted by molar-refractivity contribution is 6.05. The van der Waals surface area contributed by atoms with E-state index < -0.39 is 18.5 Å². The molecule has 0 aromatic heterocycles. The molecule has 2 aliphatic rings. The molecule has 0 radical (unpaired) electrons. The number of ether oxygens (including phenoxy) is 1. The Morgan fingerprint density at radius 1 is 1.07 bits per heavy atom. The van der Waals surface area contributed by atoms with E-state index in [9.17, 15) is 23.6 Å². The number of benzene rings is 1. The van der Waals surface area contributed by atoms with Crippen LogP contribution >= 0.6 is 0 Å². The largest absolute Gasteiger partial charge is 0.456 e. The van der Waals surface area contributed by atoms with E-state index in [0.717, 1.165) is 4.90 Å². The zero-order valence-corrected chi connectivity index (χ0v) is 15.2. The quantitative estimate of drug-likeness (QED) is 0.432. The Labute approximate surface area is 161 Å². The lowest BCUT2D eigenvalue weighted by atomic mass is 9.85. The number of halogens is 1. The van der Waals surface area contributed by atoms with Crippen molar-refractivity contribution in [1.82, 2.24) is 10.2 Å². The lowest BCUT2D eigenvalue weighted by Gasteiger charge is -2.14. The van der Waals surface area contributed by atoms with Gasteiger partial charge in [-0.25, -0.2) is 4.39 Å². The summed E-state index contributed by atoms with van der Waals surface area (Å²) < 4.78 is 17.7. The van der Waals surface area contributed by atoms with Crippen LogP contribution in [0.25, 0.3) is 0 Å². The van der Waals surface area contributed by atoms with Crippen LogP contribution in [0.3, 0.4) is 0 Å². The predicted octanol–water partition coefficient (Wildman–Crippen LogP) is 1.33. The normalized spacial score (nSPS) is 20.8. The van der Waals surface area contributed by atoms with E-state index in [1.165, 1.54) is 12.1 Å². The Balaban J connectivity index is 1.37. The molecule has 2 atom stereocenters. The number of esters is 1. The van der Waals surface area contributed by atoms with Gasteiger partial charge in [0.2, 0.25) is 11.8 Å². The molecular weight excluding hydrogens is 367 g/mol. The summed E-state index contributed by atoms with van der Waals surface area (Å²) in [5.74, 6) is -2.67. The molecule has 1 aliphatic heterocycles. The van der Waals surface area contributed by atoms with Gasteiger partial charge in [-0.3, -0.25) is 24.1 Å². The SMILES string of the molecule is O=C(COC(=O)CCN1C(=O)[C@H]2CC=CC[C@@H]2C1=O)NCc1ccc(F)cc1. The molecule has 0 spiro atoms. The monoisotopic (exact) mass is 388 g/mol. The Morgan fingerprint density at radius 3 is 2.29 bits per heavy atom. The Hall–Kier alpha value is -3.03. The van der Waals surface area contributed by atoms with Gasteiger partial charge >= 0.3 is 5.97 Å². The van der Waals surface area contributed by atoms with Crippen LogP contribution < -0.4 is 5.32 Å². The average molecular weight is 388 g/mol. The fourth-order valence-corrected chi connectivity index (χ4v) is 3.36. The van der Waals surface area contributed by atoms with Crippen molar-refractivity contribution >= 4 is 23.7 Å². The molecule has 1 heterocycles. The van der Waals surface area contributed by atoms with E-state index in [4.69, 9.17) is 4.74 Å². The summed E-state index contributed by atoms with van der Waals surface area (Å²) >= 11 is 0. The van der Waals surface area contributed by atoms with Gasteiger partial charge < -0.3 is 10.1 Å². The highest BCUT2D eigenvalue weighted by atomic mass is 19.1. The second kappa shape index (κ2) is 8.77. The van der Waals surface area contributed by atoms with Crippen LogP contribution in [0.1, 0.15) is 24.8 Å². The first-order valence-corrected chi connectivity index (χ1v) is 9.12. The summed E-state index contributed by atoms with van der Waals surface area (Å²) in [6.07, 6.45) is 4.73. The van der Waals surface area contributed by atoms with E-state index in [2.05, 4.69) is 5.32 Å². The van der Waals surface area contributed by atoms with Crippen LogP contribution in [-0.4, -0.2) is 41.7 Å². The molecule has 1 fully saturated rings. The van der Waals surface area contributed by atoms with E-state index in [-0.39, 0.29) is 49.0 Å². The number of imide groups is 1. The highest BCUT2D eigenvalue weighted by Crippen LogP contribution is 2.34. The number of allylic oxidation sites excluding steroid dienone is 2. The van der Waals surface area contributed by atoms with Gasteiger partial charge in [-0.05, 0) is 30.5 Å². The smallest absolute Gasteiger partial charge is 0.308 e. The van der Waals surface area contributed by atoms with Crippen LogP contribution in [0.15, 0.2) is 36.4 Å². The number of nitrogens with zero attached hydrogens (tertiary/aromatic N) is 1. The Bertz CT molecular complexity index is 779. The van der Waals surface area contributed by atoms with Crippen molar-refractivity contribution in [1.29, 1.82) is 0 Å². The first-order chi connectivity index (χ1) is 13.5. The number of hydrogen-bond acceptors (Lipinski definition) is 5. The summed E-state index contributed by atoms with van der Waals surface area (Å²) in [5, 5.41) is 2.55. The van der Waals surface area contributed by atoms with E-state index >= 15 is 0 Å². The summed E-state index contributed by atoms with van der Waals surface area (Å²) in [6.45, 7) is -0.317. The molecule has 1 saturated heterocycles. The lowest BCUT2D eigenvalue weighted by molar-refractivity contribution is -0.150. The summed E-state index contributed by atoms with van der Waals surface area (Å²) in [7, 11) is 0. The molecule has 0 unspecified atom stereocenters. The number of amides is 3. The second-order valence-corrected chi connectivity index (χ2v) is 6.80. The number of fused-ring (bicyclic) bond motifs is 1. The molecule has 3 rings (SSSR count). The number of nitrogens with one attached hydrogen (secondary N) is 1. The van der Waals surface area contributed by atoms with Crippen molar-refractivity contribution in [2.45, 2.75) is 25.8 Å². The number of carbonyl (C=O) groups is 4. The molecule has 148 valence electrons. The first kappa shape index (κ1) is 19.7. The van der Waals surface area contributed by atoms with Gasteiger partial charge in [0.05, 0.1) is 18.3 Å². The summed E-state index contributed by atoms with van der Waals surface area (Å²) in [4.78, 5) is 49.3. The van der Waals surface area contributed by atoms with Crippen LogP contribution in [-0.2, 0) is 30.5 Å². The van der Waals surface area contributed by atoms with Gasteiger partial charge in [0.1, 0.15) is 5.82 Å². The van der Waals surface area contributed by atoms with Gasteiger partial charge in [0.25, 0.3) is 5.91 Å². The van der Waals surface area contributed by atoms with Crippen molar-refractivity contribution < 1.29 is 28.3 Å². The predicted molar refractivity (Wildman–Crippen MR) is 95.9 cm³/mol. The van der Waals surface area contributed by atoms with Crippen molar-refractivity contribution in [3.63, 3.8) is 0 Å². The minimum atomic E-state index is -0.662. The maximum Gasteiger partial charge on any atom is 0.308 e. The molecule has 7 nitrogen and oxygen atoms in total. The molecule has 1 N–H and O–H groups in total. The van der Waals surface area contributed by atoms with Crippen molar-refractivity contribution in [2.75, 3.05) is 13.2 Å². The molecule has 0 bridgehead atoms. The summed E-state index contributed by atoms with van der Waals surface area (Å²) in [5.41, 5.74) is 0.711. The minimum absolute atomic E-state index is 0.0410. The standard InChI is InChI=1S/C20H21FN2O5/c21-14-7-5-13(6-8-14)11-22-17(24)12-28-18(25)9-10-23-19(26)15-3-1-2-4-16(15)20(23)27/h1-2,5-8,15-16H,3-4,9-12H2,(H,22,24)/t15-,16-/m0/s1. The van der Waals surface area contributed by atoms with E-state index in [0.29, 0.717) is 18.4 Å². The third-order valence-corrected chi connectivity index (χ3v) is 4.91. The minimum Gasteiger partial charge on any atom is -0.456 e. The highest BCUT2D eigenvalue weighted by Gasteiger charge is 2.46. The molecule has 3 amide bonds. The van der Waals surface area contributed by atoms with Crippen LogP contribution in [0, 0.1) is 17.7 Å². The number of hydrogen-bond donors (Lipinski definition) is 1. The third kappa shape index (κ3) is 4.62. The zero-order valence-electron chi connectivity index (χ0n) is 15.2. The van der Waals surface area contributed by atoms with Gasteiger partial charge in [-0.1, -0.05) is 24.3 Å². The van der Waals surface area contributed by atoms with Crippen LogP contribution in [0.2, 0.25) is 0 Å². The molecule has 1 aromatic rings. The van der Waals surface area contributed by atoms with Gasteiger partial charge in [0.15, 0.2) is 6.61 Å². The number of likely N-dealkylation sites (tertiary alicyclic amines) is 1. The topological polar surface area (TPSA) is 92.8 Å². The zero-order chi connectivity index (χ0) is 20.1. The molecule has 1 aliphatic carbocycles. The summed E-state index contributed by atoms with van der Waals surface area (Å²) in [6, 6.07) is 5.65. The Kier molecular flexibility index (Phi) is 6.18. The van der Waals surface area contributed by atoms with Crippen LogP contribution in [0.4, 0.5) is 4.39 Å². The van der Waals surface area contributed by atoms with Crippen LogP contribution in [0.5, 0.6) is 0 Å². The van der Waals surface area contributed by atoms with Crippen molar-refractivity contribution in [2.24, 2.45) is 11.8 Å². The third-order valence-electron chi connectivity index (χ3n) is 4.91. The van der Waals surface area contributed by atoms with Gasteiger partial charge in [-0.15, -0.1) is 0 Å². The average Bonchev–Trinajstić information content (AvgIpc) is 2.95. The molecule has 0 saturated carbocycles. The second-order valence-electron chi connectivity index (χ2n) is 6.80. The van der Waals surface area contributed by atoms with Crippen molar-refractivity contribution in [3.8, 4) is 0 Å². The molecule has 1 aromatic carbocycles. The fraction of sp³-hybridized carbons (Fsp3) is 0.400. The molecular formula is C20H21FN2O5. The van der Waals surface area contributed by atoms with E-state index in [1.807, 2.05) is 12.2 Å². The molecule has 28 heavy (non-hydrogen) atoms. The fourth-order valence-electron chi connectivity index (χ4n) is 3.36. The maximum atomic E-state index is 12.8. The first-order valence-electron chi connectivity index (χ1n) is 9.12. The Morgan fingerprint density at radius 2 is 1.68 bits per heavy atom. The van der Waals surface area contributed by atoms with E-state index in [1.54, 1.807) is 12.1 Å². The lowest BCUT2D eigenvalue weighted by Crippen LogP contribution is -2.34.